The van der Waals surface area contributed by atoms with Gasteiger partial charge in [0.2, 0.25) is 5.91 Å². The molecule has 22 heavy (non-hydrogen) atoms. The molecule has 1 aromatic rings. The van der Waals surface area contributed by atoms with Crippen molar-refractivity contribution in [1.29, 1.82) is 0 Å². The molecular weight excluding hydrogens is 302 g/mol. The molecule has 2 aliphatic heterocycles. The predicted octanol–water partition coefficient (Wildman–Crippen LogP) is -1.31. The van der Waals surface area contributed by atoms with Crippen molar-refractivity contribution >= 4 is 29.1 Å². The Morgan fingerprint density at radius 3 is 2.55 bits per heavy atom. The van der Waals surface area contributed by atoms with E-state index < -0.39 is 0 Å². The Morgan fingerprint density at radius 1 is 1.18 bits per heavy atom. The molecule has 5 nitrogen and oxygen atoms in total. The Balaban J connectivity index is 1.84. The third-order valence-electron chi connectivity index (χ3n) is 4.80. The van der Waals surface area contributed by atoms with Gasteiger partial charge in [-0.2, -0.15) is 0 Å². The Bertz CT molecular complexity index is 611. The topological polar surface area (TPSA) is 46.3 Å². The van der Waals surface area contributed by atoms with Crippen LogP contribution in [-0.4, -0.2) is 51.1 Å². The van der Waals surface area contributed by atoms with Crippen molar-refractivity contribution in [2.24, 2.45) is 0 Å². The van der Waals surface area contributed by atoms with E-state index in [4.69, 9.17) is 11.6 Å². The predicted molar refractivity (Wildman–Crippen MR) is 84.4 cm³/mol. The Hall–Kier alpha value is -1.43. The number of hydrogen-bond acceptors (Lipinski definition) is 2. The third-order valence-corrected chi connectivity index (χ3v) is 5.03. The molecule has 118 valence electrons. The van der Waals surface area contributed by atoms with Crippen molar-refractivity contribution in [2.75, 3.05) is 38.1 Å². The maximum Gasteiger partial charge on any atom is 0.292 e. The number of hydrogen-bond donors (Lipinski definition) is 2. The number of quaternary nitrogens is 2. The number of nitrogens with one attached hydrogen (secondary N) is 2. The van der Waals surface area contributed by atoms with Crippen molar-refractivity contribution < 1.29 is 19.4 Å². The third kappa shape index (κ3) is 2.76. The number of rotatable bonds is 2. The van der Waals surface area contributed by atoms with Crippen LogP contribution in [-0.2, 0) is 9.59 Å². The summed E-state index contributed by atoms with van der Waals surface area (Å²) in [4.78, 5) is 29.3. The molecule has 2 fully saturated rings. The van der Waals surface area contributed by atoms with Crippen molar-refractivity contribution in [3.63, 3.8) is 0 Å². The van der Waals surface area contributed by atoms with E-state index in [-0.39, 0.29) is 17.9 Å². The minimum atomic E-state index is -0.237. The first kappa shape index (κ1) is 15.5. The second-order valence-corrected chi connectivity index (χ2v) is 6.81. The van der Waals surface area contributed by atoms with Gasteiger partial charge in [-0.1, -0.05) is 17.7 Å². The monoisotopic (exact) mass is 323 g/mol. The number of carbonyl (C=O) groups excluding carboxylic acids is 2. The minimum absolute atomic E-state index is 0.0788. The van der Waals surface area contributed by atoms with Crippen molar-refractivity contribution in [3.05, 3.63) is 28.8 Å². The number of anilines is 1. The first-order valence-corrected chi connectivity index (χ1v) is 8.14. The molecule has 3 rings (SSSR count). The summed E-state index contributed by atoms with van der Waals surface area (Å²) in [5.41, 5.74) is 1.52. The summed E-state index contributed by atoms with van der Waals surface area (Å²) < 4.78 is 0. The Labute approximate surface area is 135 Å². The lowest BCUT2D eigenvalue weighted by Gasteiger charge is -2.30. The fourth-order valence-corrected chi connectivity index (χ4v) is 3.54. The van der Waals surface area contributed by atoms with Crippen LogP contribution in [0.3, 0.4) is 0 Å². The van der Waals surface area contributed by atoms with Crippen LogP contribution in [0, 0.1) is 6.92 Å². The van der Waals surface area contributed by atoms with E-state index in [1.807, 2.05) is 13.0 Å². The summed E-state index contributed by atoms with van der Waals surface area (Å²) in [6, 6.07) is 5.09. The molecule has 0 aliphatic carbocycles. The summed E-state index contributed by atoms with van der Waals surface area (Å²) in [6.07, 6.45) is 0.305. The van der Waals surface area contributed by atoms with E-state index in [1.54, 1.807) is 12.1 Å². The highest BCUT2D eigenvalue weighted by atomic mass is 35.5. The van der Waals surface area contributed by atoms with E-state index in [0.717, 1.165) is 31.7 Å². The number of likely N-dealkylation sites (N-methyl/N-ethyl adjacent to an activating group) is 1. The van der Waals surface area contributed by atoms with Crippen LogP contribution in [0.1, 0.15) is 12.0 Å². The molecule has 2 amide bonds. The molecule has 2 aliphatic rings. The van der Waals surface area contributed by atoms with Gasteiger partial charge in [0.05, 0.1) is 19.2 Å². The molecule has 1 atom stereocenters. The maximum atomic E-state index is 12.8. The second kappa shape index (κ2) is 5.99. The van der Waals surface area contributed by atoms with Crippen molar-refractivity contribution in [1.82, 2.24) is 0 Å². The molecule has 0 bridgehead atoms. The molecule has 0 radical (unpaired) electrons. The van der Waals surface area contributed by atoms with Crippen LogP contribution in [0.15, 0.2) is 18.2 Å². The van der Waals surface area contributed by atoms with Crippen LogP contribution in [0.2, 0.25) is 5.02 Å². The SMILES string of the molecule is Cc1ccc(Cl)cc1N1C(=O)C[C@H]([NH+]2CC[NH+](C)CC2)C1=O. The lowest BCUT2D eigenvalue weighted by molar-refractivity contribution is -1.01. The lowest BCUT2D eigenvalue weighted by Crippen LogP contribution is -3.29. The highest BCUT2D eigenvalue weighted by molar-refractivity contribution is 6.31. The zero-order valence-electron chi connectivity index (χ0n) is 13.0. The maximum absolute atomic E-state index is 12.8. The van der Waals surface area contributed by atoms with Crippen LogP contribution in [0.5, 0.6) is 0 Å². The van der Waals surface area contributed by atoms with Crippen LogP contribution >= 0.6 is 11.6 Å². The van der Waals surface area contributed by atoms with Crippen molar-refractivity contribution in [3.8, 4) is 0 Å². The summed E-state index contributed by atoms with van der Waals surface area (Å²) in [5, 5.41) is 0.542. The zero-order chi connectivity index (χ0) is 15.9. The molecule has 0 aromatic heterocycles. The molecule has 1 aromatic carbocycles. The van der Waals surface area contributed by atoms with Gasteiger partial charge in [-0.25, -0.2) is 4.90 Å². The van der Waals surface area contributed by atoms with Gasteiger partial charge in [0.25, 0.3) is 5.91 Å². The normalized spacial score (nSPS) is 29.2. The Morgan fingerprint density at radius 2 is 1.86 bits per heavy atom. The number of piperazine rings is 1. The van der Waals surface area contributed by atoms with E-state index in [2.05, 4.69) is 7.05 Å². The lowest BCUT2D eigenvalue weighted by atomic mass is 10.1. The van der Waals surface area contributed by atoms with Crippen LogP contribution < -0.4 is 14.7 Å². The van der Waals surface area contributed by atoms with Gasteiger partial charge in [0, 0.05) is 5.02 Å². The van der Waals surface area contributed by atoms with Gasteiger partial charge < -0.3 is 9.80 Å². The van der Waals surface area contributed by atoms with Crippen LogP contribution in [0.4, 0.5) is 5.69 Å². The number of nitrogens with zero attached hydrogens (tertiary/aromatic N) is 1. The van der Waals surface area contributed by atoms with Gasteiger partial charge >= 0.3 is 0 Å². The molecule has 0 spiro atoms. The fraction of sp³-hybridized carbons (Fsp3) is 0.500. The van der Waals surface area contributed by atoms with E-state index in [0.29, 0.717) is 17.1 Å². The van der Waals surface area contributed by atoms with Crippen LogP contribution in [0.25, 0.3) is 0 Å². The van der Waals surface area contributed by atoms with Gasteiger partial charge in [-0.3, -0.25) is 9.59 Å². The van der Waals surface area contributed by atoms with E-state index in [1.165, 1.54) is 14.7 Å². The highest BCUT2D eigenvalue weighted by Crippen LogP contribution is 2.28. The Kier molecular flexibility index (Phi) is 4.21. The molecular formula is C16H22ClN3O2+2. The number of amides is 2. The molecule has 6 heteroatoms. The summed E-state index contributed by atoms with van der Waals surface area (Å²) >= 11 is 6.03. The first-order chi connectivity index (χ1) is 10.5. The van der Waals surface area contributed by atoms with Crippen molar-refractivity contribution in [2.45, 2.75) is 19.4 Å². The smallest absolute Gasteiger partial charge is 0.292 e. The molecule has 0 saturated carbocycles. The highest BCUT2D eigenvalue weighted by Gasteiger charge is 2.47. The number of benzene rings is 1. The molecule has 2 saturated heterocycles. The molecule has 0 unspecified atom stereocenters. The molecule has 2 N–H and O–H groups in total. The average molecular weight is 324 g/mol. The number of aryl methyl sites for hydroxylation is 1. The standard InChI is InChI=1S/C16H20ClN3O2/c1-11-3-4-12(17)9-13(11)20-15(21)10-14(16(20)22)19-7-5-18(2)6-8-19/h3-4,9,14H,5-8,10H2,1-2H3/p+2/t14-/m0/s1. The summed E-state index contributed by atoms with van der Waals surface area (Å²) in [5.74, 6) is -0.191. The van der Waals surface area contributed by atoms with Gasteiger partial charge in [-0.15, -0.1) is 0 Å². The molecule has 2 heterocycles. The number of halogens is 1. The largest absolute Gasteiger partial charge is 0.328 e. The first-order valence-electron chi connectivity index (χ1n) is 7.76. The zero-order valence-corrected chi connectivity index (χ0v) is 13.7. The number of carbonyl (C=O) groups is 2. The van der Waals surface area contributed by atoms with Gasteiger partial charge in [-0.05, 0) is 24.6 Å². The second-order valence-electron chi connectivity index (χ2n) is 6.37. The van der Waals surface area contributed by atoms with Gasteiger partial charge in [0.15, 0.2) is 6.04 Å². The summed E-state index contributed by atoms with van der Waals surface area (Å²) in [6.45, 7) is 5.87. The minimum Gasteiger partial charge on any atom is -0.328 e. The van der Waals surface area contributed by atoms with Gasteiger partial charge in [0.1, 0.15) is 26.2 Å². The summed E-state index contributed by atoms with van der Waals surface area (Å²) in [7, 11) is 2.17. The van der Waals surface area contributed by atoms with E-state index >= 15 is 0 Å². The van der Waals surface area contributed by atoms with E-state index in [9.17, 15) is 9.59 Å². The fourth-order valence-electron chi connectivity index (χ4n) is 3.37. The number of imide groups is 1. The average Bonchev–Trinajstić information content (AvgIpc) is 2.78. The quantitative estimate of drug-likeness (QED) is 0.664.